The van der Waals surface area contributed by atoms with E-state index in [9.17, 15) is 9.59 Å². The number of rotatable bonds is 6. The van der Waals surface area contributed by atoms with Gasteiger partial charge in [0.05, 0.1) is 29.2 Å². The van der Waals surface area contributed by atoms with Gasteiger partial charge in [0.25, 0.3) is 5.91 Å². The van der Waals surface area contributed by atoms with Crippen molar-refractivity contribution in [2.45, 2.75) is 76.4 Å². The number of nitrogens with zero attached hydrogens (tertiary/aromatic N) is 3. The van der Waals surface area contributed by atoms with Gasteiger partial charge in [-0.15, -0.1) is 0 Å². The number of halogens is 1. The number of nitrogens with one attached hydrogen (secondary N) is 2. The molecule has 1 saturated heterocycles. The topological polar surface area (TPSA) is 79.3 Å². The van der Waals surface area contributed by atoms with Gasteiger partial charge < -0.3 is 15.5 Å². The number of hydrogen-bond donors (Lipinski definition) is 2. The molecule has 4 atom stereocenters. The number of amides is 2. The molecule has 2 saturated carbocycles. The second-order valence-corrected chi connectivity index (χ2v) is 13.0. The summed E-state index contributed by atoms with van der Waals surface area (Å²) in [7, 11) is 1.89. The minimum Gasteiger partial charge on any atom is -0.382 e. The molecule has 4 aromatic rings. The second-order valence-electron chi connectivity index (χ2n) is 13.0. The fourth-order valence-corrected chi connectivity index (χ4v) is 8.02. The summed E-state index contributed by atoms with van der Waals surface area (Å²) in [6.45, 7) is 1.78. The number of carbonyl (C=O) groups excluding carboxylic acids is 2. The lowest BCUT2D eigenvalue weighted by atomic mass is 9.76. The molecule has 2 amide bonds. The van der Waals surface area contributed by atoms with E-state index in [2.05, 4.69) is 27.9 Å². The molecule has 44 heavy (non-hydrogen) atoms. The summed E-state index contributed by atoms with van der Waals surface area (Å²) < 4.78 is 17.1. The Balaban J connectivity index is 1.27. The van der Waals surface area contributed by atoms with E-state index >= 15 is 4.39 Å². The van der Waals surface area contributed by atoms with Crippen molar-refractivity contribution >= 4 is 34.1 Å². The molecule has 3 aliphatic rings. The highest BCUT2D eigenvalue weighted by Gasteiger charge is 2.50. The SMILES string of the molecule is Cc1cccc(F)c1C(=O)N1C2CCCC2CC(C(=O)Nc2ccc3c(cnn3C)c2)[C@@H]1c1ccc(NC2CCCC2)cc1. The number of benzene rings is 3. The van der Waals surface area contributed by atoms with E-state index in [0.29, 0.717) is 23.7 Å². The lowest BCUT2D eigenvalue weighted by molar-refractivity contribution is -0.125. The van der Waals surface area contributed by atoms with Gasteiger partial charge in [0.1, 0.15) is 5.82 Å². The first-order valence-corrected chi connectivity index (χ1v) is 16.0. The average molecular weight is 594 g/mol. The lowest BCUT2D eigenvalue weighted by Crippen LogP contribution is -2.54. The zero-order chi connectivity index (χ0) is 30.4. The highest BCUT2D eigenvalue weighted by atomic mass is 19.1. The number of carbonyl (C=O) groups is 2. The number of likely N-dealkylation sites (tertiary alicyclic amines) is 1. The van der Waals surface area contributed by atoms with Crippen LogP contribution in [-0.4, -0.2) is 38.6 Å². The normalized spacial score (nSPS) is 23.6. The van der Waals surface area contributed by atoms with Crippen LogP contribution in [0.1, 0.15) is 78.9 Å². The Labute approximate surface area is 257 Å². The minimum atomic E-state index is -0.525. The maximum absolute atomic E-state index is 15.3. The molecule has 0 bridgehead atoms. The van der Waals surface area contributed by atoms with Crippen LogP contribution in [0.25, 0.3) is 10.9 Å². The quantitative estimate of drug-likeness (QED) is 0.244. The van der Waals surface area contributed by atoms with Crippen molar-refractivity contribution in [2.75, 3.05) is 10.6 Å². The van der Waals surface area contributed by atoms with E-state index in [0.717, 1.165) is 41.4 Å². The lowest BCUT2D eigenvalue weighted by Gasteiger charge is -2.48. The smallest absolute Gasteiger partial charge is 0.257 e. The summed E-state index contributed by atoms with van der Waals surface area (Å²) in [6.07, 6.45) is 10.1. The molecule has 1 aliphatic heterocycles. The highest BCUT2D eigenvalue weighted by molar-refractivity contribution is 5.99. The van der Waals surface area contributed by atoms with Crippen molar-refractivity contribution in [3.63, 3.8) is 0 Å². The third kappa shape index (κ3) is 5.24. The summed E-state index contributed by atoms with van der Waals surface area (Å²) in [4.78, 5) is 30.6. The van der Waals surface area contributed by atoms with Gasteiger partial charge in [0.2, 0.25) is 5.91 Å². The Morgan fingerprint density at radius 3 is 2.48 bits per heavy atom. The minimum absolute atomic E-state index is 0.0430. The van der Waals surface area contributed by atoms with Crippen molar-refractivity contribution < 1.29 is 14.0 Å². The van der Waals surface area contributed by atoms with Crippen LogP contribution in [0.4, 0.5) is 15.8 Å². The van der Waals surface area contributed by atoms with Crippen LogP contribution < -0.4 is 10.6 Å². The molecule has 0 spiro atoms. The molecular weight excluding hydrogens is 553 g/mol. The largest absolute Gasteiger partial charge is 0.382 e. The summed E-state index contributed by atoms with van der Waals surface area (Å²) in [5, 5.41) is 12.1. The van der Waals surface area contributed by atoms with E-state index < -0.39 is 17.8 Å². The number of piperidine rings is 1. The molecule has 2 N–H and O–H groups in total. The van der Waals surface area contributed by atoms with Crippen LogP contribution in [-0.2, 0) is 11.8 Å². The number of fused-ring (bicyclic) bond motifs is 2. The highest BCUT2D eigenvalue weighted by Crippen LogP contribution is 2.49. The molecule has 7 rings (SSSR count). The zero-order valence-electron chi connectivity index (χ0n) is 25.4. The fourth-order valence-electron chi connectivity index (χ4n) is 8.02. The summed E-state index contributed by atoms with van der Waals surface area (Å²) >= 11 is 0. The van der Waals surface area contributed by atoms with Crippen LogP contribution in [0.2, 0.25) is 0 Å². The van der Waals surface area contributed by atoms with Crippen LogP contribution in [0.5, 0.6) is 0 Å². The van der Waals surface area contributed by atoms with Gasteiger partial charge in [-0.1, -0.05) is 43.5 Å². The molecular formula is C36H40FN5O2. The van der Waals surface area contributed by atoms with Gasteiger partial charge in [-0.3, -0.25) is 14.3 Å². The van der Waals surface area contributed by atoms with E-state index in [-0.39, 0.29) is 29.3 Å². The number of anilines is 2. The Morgan fingerprint density at radius 1 is 0.932 bits per heavy atom. The van der Waals surface area contributed by atoms with Crippen molar-refractivity contribution in [3.05, 3.63) is 89.4 Å². The van der Waals surface area contributed by atoms with Crippen LogP contribution in [0.15, 0.2) is 66.9 Å². The first kappa shape index (κ1) is 28.6. The monoisotopic (exact) mass is 593 g/mol. The third-order valence-electron chi connectivity index (χ3n) is 10.2. The zero-order valence-corrected chi connectivity index (χ0v) is 25.4. The van der Waals surface area contributed by atoms with Crippen molar-refractivity contribution in [1.29, 1.82) is 0 Å². The molecule has 7 nitrogen and oxygen atoms in total. The first-order valence-electron chi connectivity index (χ1n) is 16.0. The van der Waals surface area contributed by atoms with E-state index in [1.54, 1.807) is 29.9 Å². The Morgan fingerprint density at radius 2 is 1.70 bits per heavy atom. The first-order chi connectivity index (χ1) is 21.4. The van der Waals surface area contributed by atoms with Crippen molar-refractivity contribution in [3.8, 4) is 0 Å². The standard InChI is InChI=1S/C36H40FN5O2/c1-22-7-5-11-30(37)33(22)36(44)42-32-12-6-8-24(32)20-29(35(43)40-28-17-18-31-25(19-28)21-38-41(31)2)34(42)23-13-15-27(16-14-23)39-26-9-3-4-10-26/h5,7,11,13-19,21,24,26,29,32,34,39H,3-4,6,8-10,12,20H2,1-2H3,(H,40,43)/t24?,29?,32?,34-/m0/s1. The predicted molar refractivity (Wildman–Crippen MR) is 171 cm³/mol. The van der Waals surface area contributed by atoms with Gasteiger partial charge in [-0.25, -0.2) is 4.39 Å². The molecule has 3 aromatic carbocycles. The third-order valence-corrected chi connectivity index (χ3v) is 10.2. The average Bonchev–Trinajstić information content (AvgIpc) is 3.78. The molecule has 3 fully saturated rings. The molecule has 2 heterocycles. The molecule has 3 unspecified atom stereocenters. The maximum atomic E-state index is 15.3. The predicted octanol–water partition coefficient (Wildman–Crippen LogP) is 7.39. The van der Waals surface area contributed by atoms with Crippen LogP contribution in [0.3, 0.4) is 0 Å². The second kappa shape index (κ2) is 11.7. The molecule has 228 valence electrons. The van der Waals surface area contributed by atoms with Crippen molar-refractivity contribution in [1.82, 2.24) is 14.7 Å². The van der Waals surface area contributed by atoms with Crippen LogP contribution >= 0.6 is 0 Å². The van der Waals surface area contributed by atoms with Gasteiger partial charge in [0.15, 0.2) is 0 Å². The summed E-state index contributed by atoms with van der Waals surface area (Å²) in [6, 6.07) is 18.7. The molecule has 1 aromatic heterocycles. The number of aromatic nitrogens is 2. The van der Waals surface area contributed by atoms with Crippen molar-refractivity contribution in [2.24, 2.45) is 18.9 Å². The van der Waals surface area contributed by atoms with E-state index in [1.807, 2.05) is 42.3 Å². The fraction of sp³-hybridized carbons (Fsp3) is 0.417. The van der Waals surface area contributed by atoms with Gasteiger partial charge in [-0.05, 0) is 92.5 Å². The molecule has 2 aliphatic carbocycles. The van der Waals surface area contributed by atoms with Gasteiger partial charge in [0, 0.05) is 35.9 Å². The maximum Gasteiger partial charge on any atom is 0.257 e. The van der Waals surface area contributed by atoms with E-state index in [4.69, 9.17) is 0 Å². The Hall–Kier alpha value is -4.20. The van der Waals surface area contributed by atoms with Gasteiger partial charge >= 0.3 is 0 Å². The Bertz CT molecular complexity index is 1670. The summed E-state index contributed by atoms with van der Waals surface area (Å²) in [5.41, 5.74) is 4.33. The molecule has 8 heteroatoms. The Kier molecular flexibility index (Phi) is 7.60. The molecule has 0 radical (unpaired) electrons. The van der Waals surface area contributed by atoms with Crippen LogP contribution in [0, 0.1) is 24.6 Å². The van der Waals surface area contributed by atoms with Gasteiger partial charge in [-0.2, -0.15) is 5.10 Å². The number of hydrogen-bond acceptors (Lipinski definition) is 4. The van der Waals surface area contributed by atoms with E-state index in [1.165, 1.54) is 31.7 Å². The number of aryl methyl sites for hydroxylation is 2. The summed E-state index contributed by atoms with van der Waals surface area (Å²) in [5.74, 6) is -1.29.